The Bertz CT molecular complexity index is 808. The van der Waals surface area contributed by atoms with Crippen molar-refractivity contribution in [3.05, 3.63) is 39.5 Å². The molecule has 0 saturated carbocycles. The summed E-state index contributed by atoms with van der Waals surface area (Å²) >= 11 is 0.427. The molecule has 2 rings (SSSR count). The van der Waals surface area contributed by atoms with Crippen LogP contribution < -0.4 is 5.32 Å². The minimum Gasteiger partial charge on any atom is -0.477 e. The second-order valence-electron chi connectivity index (χ2n) is 4.87. The molecule has 0 aromatic carbocycles. The third kappa shape index (κ3) is 4.92. The molecule has 2 heterocycles. The average Bonchev–Trinajstić information content (AvgIpc) is 2.88. The smallest absolute Gasteiger partial charge is 0.447 e. The van der Waals surface area contributed by atoms with Gasteiger partial charge in [-0.25, -0.2) is 14.8 Å². The molecule has 0 bridgehead atoms. The number of carbonyl (C=O) groups is 2. The molecule has 2 aromatic heterocycles. The van der Waals surface area contributed by atoms with Gasteiger partial charge < -0.3 is 10.4 Å². The summed E-state index contributed by atoms with van der Waals surface area (Å²) in [7, 11) is 0. The van der Waals surface area contributed by atoms with Gasteiger partial charge in [0, 0.05) is 18.0 Å². The number of rotatable bonds is 5. The second kappa shape index (κ2) is 7.40. The normalized spacial score (nSPS) is 12.7. The van der Waals surface area contributed by atoms with Crippen LogP contribution in [-0.2, 0) is 0 Å². The fourth-order valence-electron chi connectivity index (χ4n) is 1.89. The fourth-order valence-corrected chi connectivity index (χ4v) is 3.40. The first-order chi connectivity index (χ1) is 11.6. The molecule has 0 aliphatic carbocycles. The minimum atomic E-state index is -4.57. The van der Waals surface area contributed by atoms with E-state index in [1.165, 1.54) is 19.1 Å². The molecule has 11 heteroatoms. The van der Waals surface area contributed by atoms with Crippen LogP contribution in [0.3, 0.4) is 0 Å². The lowest BCUT2D eigenvalue weighted by Gasteiger charge is -2.13. The van der Waals surface area contributed by atoms with Gasteiger partial charge in [-0.15, -0.1) is 11.3 Å². The van der Waals surface area contributed by atoms with Gasteiger partial charge in [-0.1, -0.05) is 0 Å². The van der Waals surface area contributed by atoms with Crippen molar-refractivity contribution in [1.82, 2.24) is 15.3 Å². The van der Waals surface area contributed by atoms with Gasteiger partial charge in [0.25, 0.3) is 5.91 Å². The fraction of sp³-hybridized carbons (Fsp3) is 0.286. The highest BCUT2D eigenvalue weighted by atomic mass is 32.2. The lowest BCUT2D eigenvalue weighted by Crippen LogP contribution is -2.27. The summed E-state index contributed by atoms with van der Waals surface area (Å²) in [6.45, 7) is 3.09. The van der Waals surface area contributed by atoms with Gasteiger partial charge in [0.1, 0.15) is 14.9 Å². The van der Waals surface area contributed by atoms with Crippen molar-refractivity contribution in [2.45, 2.75) is 30.4 Å². The third-order valence-electron chi connectivity index (χ3n) is 2.95. The molecule has 1 amide bonds. The SMILES string of the molecule is Cc1nc(C(C)NC(=O)c2cccnc2SC(F)(F)F)sc1C(=O)O. The average molecular weight is 391 g/mol. The van der Waals surface area contributed by atoms with Crippen LogP contribution in [-0.4, -0.2) is 32.5 Å². The Morgan fingerprint density at radius 2 is 2.08 bits per heavy atom. The Balaban J connectivity index is 2.20. The molecule has 0 fully saturated rings. The van der Waals surface area contributed by atoms with E-state index in [9.17, 15) is 22.8 Å². The molecule has 0 radical (unpaired) electrons. The predicted octanol–water partition coefficient (Wildman–Crippen LogP) is 3.65. The Hall–Kier alpha value is -2.14. The molecule has 0 aliphatic heterocycles. The first kappa shape index (κ1) is 19.2. The molecule has 1 unspecified atom stereocenters. The first-order valence-electron chi connectivity index (χ1n) is 6.80. The zero-order valence-corrected chi connectivity index (χ0v) is 14.6. The van der Waals surface area contributed by atoms with E-state index in [1.54, 1.807) is 6.92 Å². The molecule has 0 aliphatic rings. The van der Waals surface area contributed by atoms with Gasteiger partial charge in [0.15, 0.2) is 0 Å². The number of hydrogen-bond donors (Lipinski definition) is 2. The third-order valence-corrected chi connectivity index (χ3v) is 5.03. The van der Waals surface area contributed by atoms with Gasteiger partial charge in [-0.05, 0) is 26.0 Å². The van der Waals surface area contributed by atoms with E-state index in [0.29, 0.717) is 10.7 Å². The maximum absolute atomic E-state index is 12.6. The van der Waals surface area contributed by atoms with Gasteiger partial charge in [0.2, 0.25) is 0 Å². The number of halogens is 3. The summed E-state index contributed by atoms with van der Waals surface area (Å²) in [6, 6.07) is 1.92. The number of nitrogens with one attached hydrogen (secondary N) is 1. The predicted molar refractivity (Wildman–Crippen MR) is 85.8 cm³/mol. The topological polar surface area (TPSA) is 92.2 Å². The highest BCUT2D eigenvalue weighted by Crippen LogP contribution is 2.37. The van der Waals surface area contributed by atoms with Crippen LogP contribution in [0.1, 0.15) is 43.7 Å². The van der Waals surface area contributed by atoms with Crippen molar-refractivity contribution in [2.75, 3.05) is 0 Å². The van der Waals surface area contributed by atoms with E-state index in [4.69, 9.17) is 5.11 Å². The maximum atomic E-state index is 12.6. The van der Waals surface area contributed by atoms with Crippen LogP contribution in [0.4, 0.5) is 13.2 Å². The Morgan fingerprint density at radius 1 is 1.40 bits per heavy atom. The van der Waals surface area contributed by atoms with Gasteiger partial charge >= 0.3 is 11.5 Å². The monoisotopic (exact) mass is 391 g/mol. The van der Waals surface area contributed by atoms with Crippen LogP contribution in [0.2, 0.25) is 0 Å². The summed E-state index contributed by atoms with van der Waals surface area (Å²) in [4.78, 5) is 31.1. The Morgan fingerprint density at radius 3 is 2.64 bits per heavy atom. The van der Waals surface area contributed by atoms with Crippen molar-refractivity contribution >= 4 is 35.0 Å². The van der Waals surface area contributed by atoms with E-state index in [1.807, 2.05) is 0 Å². The van der Waals surface area contributed by atoms with Crippen LogP contribution in [0.5, 0.6) is 0 Å². The van der Waals surface area contributed by atoms with Crippen molar-refractivity contribution < 1.29 is 27.9 Å². The number of carbonyl (C=O) groups excluding carboxylic acids is 1. The number of aromatic carboxylic acids is 1. The number of hydrogen-bond acceptors (Lipinski definition) is 6. The molecule has 2 N–H and O–H groups in total. The zero-order chi connectivity index (χ0) is 18.8. The minimum absolute atomic E-state index is 0.0470. The van der Waals surface area contributed by atoms with Crippen molar-refractivity contribution in [3.63, 3.8) is 0 Å². The molecule has 1 atom stereocenters. The molecule has 2 aromatic rings. The highest BCUT2D eigenvalue weighted by Gasteiger charge is 2.32. The van der Waals surface area contributed by atoms with Crippen LogP contribution in [0.25, 0.3) is 0 Å². The van der Waals surface area contributed by atoms with E-state index >= 15 is 0 Å². The summed E-state index contributed by atoms with van der Waals surface area (Å²) in [5.74, 6) is -1.88. The number of pyridine rings is 1. The number of amides is 1. The van der Waals surface area contributed by atoms with E-state index < -0.39 is 40.2 Å². The lowest BCUT2D eigenvalue weighted by atomic mass is 10.2. The van der Waals surface area contributed by atoms with Crippen molar-refractivity contribution in [1.29, 1.82) is 0 Å². The Kier molecular flexibility index (Phi) is 5.68. The number of nitrogens with zero attached hydrogens (tertiary/aromatic N) is 2. The summed E-state index contributed by atoms with van der Waals surface area (Å²) < 4.78 is 37.7. The first-order valence-corrected chi connectivity index (χ1v) is 8.44. The molecular weight excluding hydrogens is 379 g/mol. The van der Waals surface area contributed by atoms with Gasteiger partial charge in [0.05, 0.1) is 17.3 Å². The molecule has 0 spiro atoms. The Labute approximate surface area is 148 Å². The number of alkyl halides is 3. The van der Waals surface area contributed by atoms with Crippen LogP contribution in [0, 0.1) is 6.92 Å². The van der Waals surface area contributed by atoms with E-state index in [0.717, 1.165) is 17.5 Å². The summed E-state index contributed by atoms with van der Waals surface area (Å²) in [5, 5.41) is 11.4. The number of carboxylic acids is 1. The number of aryl methyl sites for hydroxylation is 1. The summed E-state index contributed by atoms with van der Waals surface area (Å²) in [6.07, 6.45) is 1.16. The van der Waals surface area contributed by atoms with Gasteiger partial charge in [-0.2, -0.15) is 13.2 Å². The molecule has 0 saturated heterocycles. The largest absolute Gasteiger partial charge is 0.477 e. The maximum Gasteiger partial charge on any atom is 0.447 e. The van der Waals surface area contributed by atoms with Gasteiger partial charge in [-0.3, -0.25) is 4.79 Å². The number of aromatic nitrogens is 2. The molecule has 134 valence electrons. The second-order valence-corrected chi connectivity index (χ2v) is 6.96. The molecule has 6 nitrogen and oxygen atoms in total. The highest BCUT2D eigenvalue weighted by molar-refractivity contribution is 8.00. The number of thiazole rings is 1. The number of thioether (sulfide) groups is 1. The zero-order valence-electron chi connectivity index (χ0n) is 12.9. The van der Waals surface area contributed by atoms with E-state index in [-0.39, 0.29) is 10.4 Å². The summed E-state index contributed by atoms with van der Waals surface area (Å²) in [5.41, 5.74) is -4.48. The van der Waals surface area contributed by atoms with Crippen LogP contribution in [0.15, 0.2) is 23.4 Å². The van der Waals surface area contributed by atoms with Crippen molar-refractivity contribution in [2.24, 2.45) is 0 Å². The molecule has 25 heavy (non-hydrogen) atoms. The number of carboxylic acid groups (broad SMARTS) is 1. The molecular formula is C14H12F3N3O3S2. The van der Waals surface area contributed by atoms with Crippen molar-refractivity contribution in [3.8, 4) is 0 Å². The lowest BCUT2D eigenvalue weighted by molar-refractivity contribution is -0.0329. The standard InChI is InChI=1S/C14H12F3N3O3S2/c1-6-9(13(22)23)24-11(20-6)7(2)19-10(21)8-4-3-5-18-12(8)25-14(15,16)17/h3-5,7H,1-2H3,(H,19,21)(H,22,23). The van der Waals surface area contributed by atoms with E-state index in [2.05, 4.69) is 15.3 Å². The quantitative estimate of drug-likeness (QED) is 0.756. The van der Waals surface area contributed by atoms with Crippen LogP contribution >= 0.6 is 23.1 Å².